The van der Waals surface area contributed by atoms with E-state index < -0.39 is 5.60 Å². The third-order valence-corrected chi connectivity index (χ3v) is 2.69. The maximum Gasteiger partial charge on any atom is 0.307 e. The van der Waals surface area contributed by atoms with Crippen molar-refractivity contribution in [3.63, 3.8) is 0 Å². The van der Waals surface area contributed by atoms with E-state index in [1.165, 1.54) is 5.06 Å². The average molecular weight is 265 g/mol. The summed E-state index contributed by atoms with van der Waals surface area (Å²) in [6.45, 7) is 7.63. The van der Waals surface area contributed by atoms with E-state index in [0.717, 1.165) is 5.56 Å². The SMILES string of the molecule is C[C@@H](c1ccccc1)N(O)CCC(=O)OC(C)(C)C. The molecule has 1 rings (SSSR count). The zero-order valence-electron chi connectivity index (χ0n) is 12.1. The Morgan fingerprint density at radius 2 is 1.89 bits per heavy atom. The second-order valence-electron chi connectivity index (χ2n) is 5.59. The Labute approximate surface area is 114 Å². The van der Waals surface area contributed by atoms with Crippen molar-refractivity contribution in [2.75, 3.05) is 6.54 Å². The van der Waals surface area contributed by atoms with Gasteiger partial charge in [0.05, 0.1) is 12.5 Å². The second-order valence-corrected chi connectivity index (χ2v) is 5.59. The smallest absolute Gasteiger partial charge is 0.307 e. The first-order valence-electron chi connectivity index (χ1n) is 6.52. The zero-order valence-corrected chi connectivity index (χ0v) is 12.1. The molecule has 0 heterocycles. The normalized spacial score (nSPS) is 13.4. The quantitative estimate of drug-likeness (QED) is 0.656. The summed E-state index contributed by atoms with van der Waals surface area (Å²) in [5, 5.41) is 11.1. The number of carbonyl (C=O) groups excluding carboxylic acids is 1. The first-order chi connectivity index (χ1) is 8.79. The lowest BCUT2D eigenvalue weighted by atomic mass is 10.1. The van der Waals surface area contributed by atoms with Crippen LogP contribution in [0.25, 0.3) is 0 Å². The number of hydrogen-bond acceptors (Lipinski definition) is 4. The molecule has 1 aromatic carbocycles. The summed E-state index contributed by atoms with van der Waals surface area (Å²) < 4.78 is 5.20. The minimum absolute atomic E-state index is 0.149. The van der Waals surface area contributed by atoms with Gasteiger partial charge in [0.25, 0.3) is 0 Å². The van der Waals surface area contributed by atoms with Crippen LogP contribution in [0.15, 0.2) is 30.3 Å². The molecule has 1 aromatic rings. The largest absolute Gasteiger partial charge is 0.460 e. The van der Waals surface area contributed by atoms with Crippen LogP contribution in [0.5, 0.6) is 0 Å². The van der Waals surface area contributed by atoms with Gasteiger partial charge in [0.2, 0.25) is 0 Å². The van der Waals surface area contributed by atoms with Gasteiger partial charge in [-0.05, 0) is 33.3 Å². The highest BCUT2D eigenvalue weighted by molar-refractivity contribution is 5.70. The summed E-state index contributed by atoms with van der Waals surface area (Å²) in [7, 11) is 0. The van der Waals surface area contributed by atoms with E-state index in [2.05, 4.69) is 0 Å². The van der Waals surface area contributed by atoms with E-state index >= 15 is 0 Å². The van der Waals surface area contributed by atoms with Crippen molar-refractivity contribution >= 4 is 5.97 Å². The van der Waals surface area contributed by atoms with Gasteiger partial charge < -0.3 is 9.94 Å². The van der Waals surface area contributed by atoms with Crippen LogP contribution in [0.4, 0.5) is 0 Å². The van der Waals surface area contributed by atoms with Crippen LogP contribution in [0, 0.1) is 0 Å². The van der Waals surface area contributed by atoms with Gasteiger partial charge in [0.1, 0.15) is 5.60 Å². The maximum absolute atomic E-state index is 11.6. The van der Waals surface area contributed by atoms with Crippen molar-refractivity contribution in [3.05, 3.63) is 35.9 Å². The molecule has 0 aromatic heterocycles. The molecular formula is C15H23NO3. The predicted molar refractivity (Wildman–Crippen MR) is 73.8 cm³/mol. The summed E-state index contributed by atoms with van der Waals surface area (Å²) in [4.78, 5) is 11.6. The third kappa shape index (κ3) is 5.85. The molecule has 0 radical (unpaired) electrons. The van der Waals surface area contributed by atoms with Crippen LogP contribution < -0.4 is 0 Å². The summed E-state index contributed by atoms with van der Waals surface area (Å²) in [5.74, 6) is -0.299. The first kappa shape index (κ1) is 15.7. The highest BCUT2D eigenvalue weighted by Gasteiger charge is 2.19. The Bertz CT molecular complexity index is 398. The van der Waals surface area contributed by atoms with Gasteiger partial charge in [-0.1, -0.05) is 30.3 Å². The first-order valence-corrected chi connectivity index (χ1v) is 6.52. The zero-order chi connectivity index (χ0) is 14.5. The molecule has 0 unspecified atom stereocenters. The fraction of sp³-hybridized carbons (Fsp3) is 0.533. The molecule has 0 saturated carbocycles. The molecular weight excluding hydrogens is 242 g/mol. The molecule has 0 fully saturated rings. The molecule has 4 heteroatoms. The molecule has 1 atom stereocenters. The Balaban J connectivity index is 2.43. The molecule has 0 saturated heterocycles. The summed E-state index contributed by atoms with van der Waals surface area (Å²) in [6, 6.07) is 9.52. The molecule has 0 bridgehead atoms. The fourth-order valence-electron chi connectivity index (χ4n) is 1.70. The molecule has 1 N–H and O–H groups in total. The van der Waals surface area contributed by atoms with Gasteiger partial charge in [-0.3, -0.25) is 4.79 Å². The van der Waals surface area contributed by atoms with E-state index in [1.807, 2.05) is 58.0 Å². The van der Waals surface area contributed by atoms with Gasteiger partial charge in [-0.25, -0.2) is 0 Å². The highest BCUT2D eigenvalue weighted by Crippen LogP contribution is 2.18. The standard InChI is InChI=1S/C15H23NO3/c1-12(13-8-6-5-7-9-13)16(18)11-10-14(17)19-15(2,3)4/h5-9,12,18H,10-11H2,1-4H3/t12-/m0/s1. The molecule has 0 amide bonds. The lowest BCUT2D eigenvalue weighted by Gasteiger charge is -2.24. The predicted octanol–water partition coefficient (Wildman–Crippen LogP) is 3.17. The molecule has 0 aliphatic rings. The number of hydrogen-bond donors (Lipinski definition) is 1. The molecule has 0 aliphatic carbocycles. The highest BCUT2D eigenvalue weighted by atomic mass is 16.6. The van der Waals surface area contributed by atoms with Crippen molar-refractivity contribution in [1.29, 1.82) is 0 Å². The van der Waals surface area contributed by atoms with Crippen LogP contribution in [-0.4, -0.2) is 28.4 Å². The van der Waals surface area contributed by atoms with Crippen LogP contribution in [0.2, 0.25) is 0 Å². The van der Waals surface area contributed by atoms with Gasteiger partial charge in [0, 0.05) is 6.54 Å². The fourth-order valence-corrected chi connectivity index (χ4v) is 1.70. The molecule has 4 nitrogen and oxygen atoms in total. The van der Waals surface area contributed by atoms with Crippen LogP contribution >= 0.6 is 0 Å². The van der Waals surface area contributed by atoms with E-state index in [9.17, 15) is 10.0 Å². The second kappa shape index (κ2) is 6.68. The minimum atomic E-state index is -0.484. The number of benzene rings is 1. The van der Waals surface area contributed by atoms with E-state index in [1.54, 1.807) is 0 Å². The Hall–Kier alpha value is -1.39. The van der Waals surface area contributed by atoms with Crippen LogP contribution in [-0.2, 0) is 9.53 Å². The lowest BCUT2D eigenvalue weighted by molar-refractivity contribution is -0.162. The van der Waals surface area contributed by atoms with Crippen LogP contribution in [0.1, 0.15) is 45.7 Å². The van der Waals surface area contributed by atoms with Gasteiger partial charge in [-0.2, -0.15) is 5.06 Å². The number of ether oxygens (including phenoxy) is 1. The topological polar surface area (TPSA) is 49.8 Å². The number of rotatable bonds is 5. The minimum Gasteiger partial charge on any atom is -0.460 e. The monoisotopic (exact) mass is 265 g/mol. The number of hydroxylamine groups is 2. The van der Waals surface area contributed by atoms with Crippen molar-refractivity contribution < 1.29 is 14.7 Å². The number of carbonyl (C=O) groups is 1. The Kier molecular flexibility index (Phi) is 5.51. The molecule has 106 valence electrons. The van der Waals surface area contributed by atoms with Crippen molar-refractivity contribution in [3.8, 4) is 0 Å². The number of esters is 1. The molecule has 0 spiro atoms. The third-order valence-electron chi connectivity index (χ3n) is 2.69. The van der Waals surface area contributed by atoms with Gasteiger partial charge >= 0.3 is 5.97 Å². The Morgan fingerprint density at radius 1 is 1.32 bits per heavy atom. The van der Waals surface area contributed by atoms with Crippen LogP contribution in [0.3, 0.4) is 0 Å². The maximum atomic E-state index is 11.6. The van der Waals surface area contributed by atoms with E-state index in [4.69, 9.17) is 4.74 Å². The van der Waals surface area contributed by atoms with E-state index in [0.29, 0.717) is 0 Å². The number of nitrogens with zero attached hydrogens (tertiary/aromatic N) is 1. The summed E-state index contributed by atoms with van der Waals surface area (Å²) >= 11 is 0. The van der Waals surface area contributed by atoms with Crippen molar-refractivity contribution in [2.45, 2.75) is 45.8 Å². The summed E-state index contributed by atoms with van der Waals surface area (Å²) in [6.07, 6.45) is 0.172. The van der Waals surface area contributed by atoms with E-state index in [-0.39, 0.29) is 25.0 Å². The van der Waals surface area contributed by atoms with Crippen molar-refractivity contribution in [2.24, 2.45) is 0 Å². The van der Waals surface area contributed by atoms with Gasteiger partial charge in [-0.15, -0.1) is 0 Å². The molecule has 19 heavy (non-hydrogen) atoms. The lowest BCUT2D eigenvalue weighted by Crippen LogP contribution is -2.29. The summed E-state index contributed by atoms with van der Waals surface area (Å²) in [5.41, 5.74) is 0.525. The van der Waals surface area contributed by atoms with Gasteiger partial charge in [0.15, 0.2) is 0 Å². The van der Waals surface area contributed by atoms with Crippen molar-refractivity contribution in [1.82, 2.24) is 5.06 Å². The Morgan fingerprint density at radius 3 is 2.42 bits per heavy atom. The average Bonchev–Trinajstić information content (AvgIpc) is 2.34. The molecule has 0 aliphatic heterocycles.